The van der Waals surface area contributed by atoms with Crippen molar-refractivity contribution in [2.24, 2.45) is 7.05 Å². The zero-order valence-corrected chi connectivity index (χ0v) is 15.4. The number of ether oxygens (including phenoxy) is 1. The molecule has 0 aliphatic carbocycles. The summed E-state index contributed by atoms with van der Waals surface area (Å²) in [4.78, 5) is 51.8. The van der Waals surface area contributed by atoms with Gasteiger partial charge in [-0.15, -0.1) is 0 Å². The second-order valence-corrected chi connectivity index (χ2v) is 5.89. The van der Waals surface area contributed by atoms with Crippen LogP contribution >= 0.6 is 0 Å². The Kier molecular flexibility index (Phi) is 6.64. The number of benzene rings is 1. The molecule has 1 aromatic heterocycles. The smallest absolute Gasteiger partial charge is 0.321 e. The third kappa shape index (κ3) is 5.13. The summed E-state index contributed by atoms with van der Waals surface area (Å²) >= 11 is 0. The zero-order chi connectivity index (χ0) is 20.0. The van der Waals surface area contributed by atoms with E-state index in [1.165, 1.54) is 11.5 Å². The van der Waals surface area contributed by atoms with E-state index in [9.17, 15) is 19.2 Å². The average Bonchev–Trinajstić information content (AvgIpc) is 2.63. The van der Waals surface area contributed by atoms with Gasteiger partial charge in [-0.25, -0.2) is 9.78 Å². The molecule has 144 valence electrons. The first kappa shape index (κ1) is 20.1. The Morgan fingerprint density at radius 2 is 1.96 bits per heavy atom. The van der Waals surface area contributed by atoms with Gasteiger partial charge in [0.2, 0.25) is 0 Å². The molecule has 0 aliphatic rings. The number of carbonyl (C=O) groups excluding carboxylic acids is 3. The van der Waals surface area contributed by atoms with E-state index in [2.05, 4.69) is 15.6 Å². The van der Waals surface area contributed by atoms with Gasteiger partial charge in [0.05, 0.1) is 17.3 Å². The van der Waals surface area contributed by atoms with Crippen LogP contribution < -0.4 is 16.2 Å². The molecule has 9 heteroatoms. The number of urea groups is 1. The summed E-state index contributed by atoms with van der Waals surface area (Å²) in [6, 6.07) is 6.31. The summed E-state index contributed by atoms with van der Waals surface area (Å²) in [5.41, 5.74) is 0.359. The number of imide groups is 1. The van der Waals surface area contributed by atoms with Crippen LogP contribution in [-0.2, 0) is 27.8 Å². The second-order valence-electron chi connectivity index (χ2n) is 5.89. The molecular formula is C18H22N4O5. The van der Waals surface area contributed by atoms with Crippen molar-refractivity contribution in [2.45, 2.75) is 32.8 Å². The van der Waals surface area contributed by atoms with Crippen molar-refractivity contribution in [3.8, 4) is 0 Å². The lowest BCUT2D eigenvalue weighted by Crippen LogP contribution is -2.44. The summed E-state index contributed by atoms with van der Waals surface area (Å²) < 4.78 is 6.41. The van der Waals surface area contributed by atoms with Crippen molar-refractivity contribution >= 4 is 28.8 Å². The number of para-hydroxylation sites is 1. The molecule has 0 saturated heterocycles. The molecule has 2 rings (SSSR count). The lowest BCUT2D eigenvalue weighted by molar-refractivity contribution is -0.154. The van der Waals surface area contributed by atoms with Crippen molar-refractivity contribution in [1.29, 1.82) is 0 Å². The topological polar surface area (TPSA) is 119 Å². The fraction of sp³-hybridized carbons (Fsp3) is 0.389. The minimum absolute atomic E-state index is 0.0581. The number of aromatic nitrogens is 2. The maximum atomic E-state index is 12.3. The number of hydrogen-bond donors (Lipinski definition) is 2. The van der Waals surface area contributed by atoms with Gasteiger partial charge >= 0.3 is 12.0 Å². The number of fused-ring (bicyclic) bond motifs is 1. The summed E-state index contributed by atoms with van der Waals surface area (Å²) in [5, 5.41) is 4.98. The van der Waals surface area contributed by atoms with Crippen LogP contribution in [0.5, 0.6) is 0 Å². The second kappa shape index (κ2) is 8.93. The number of nitrogens with zero attached hydrogens (tertiary/aromatic N) is 2. The highest BCUT2D eigenvalue weighted by molar-refractivity contribution is 5.97. The van der Waals surface area contributed by atoms with Crippen LogP contribution in [0.25, 0.3) is 10.9 Å². The lowest BCUT2D eigenvalue weighted by atomic mass is 10.2. The van der Waals surface area contributed by atoms with E-state index in [-0.39, 0.29) is 18.4 Å². The minimum atomic E-state index is -1.12. The monoisotopic (exact) mass is 374 g/mol. The van der Waals surface area contributed by atoms with E-state index in [0.717, 1.165) is 0 Å². The van der Waals surface area contributed by atoms with Crippen LogP contribution in [-0.4, -0.2) is 40.1 Å². The Balaban J connectivity index is 1.96. The van der Waals surface area contributed by atoms with Gasteiger partial charge in [0.1, 0.15) is 5.82 Å². The summed E-state index contributed by atoms with van der Waals surface area (Å²) in [6.07, 6.45) is -0.995. The normalized spacial score (nSPS) is 11.7. The van der Waals surface area contributed by atoms with Crippen LogP contribution in [0.1, 0.15) is 26.1 Å². The van der Waals surface area contributed by atoms with Gasteiger partial charge in [0.15, 0.2) is 6.10 Å². The lowest BCUT2D eigenvalue weighted by Gasteiger charge is -2.13. The van der Waals surface area contributed by atoms with Gasteiger partial charge in [-0.1, -0.05) is 12.1 Å². The number of aryl methyl sites for hydroxylation is 1. The predicted octanol–water partition coefficient (Wildman–Crippen LogP) is 0.643. The Morgan fingerprint density at radius 1 is 1.26 bits per heavy atom. The maximum Gasteiger partial charge on any atom is 0.321 e. The largest absolute Gasteiger partial charge is 0.453 e. The molecule has 0 saturated carbocycles. The van der Waals surface area contributed by atoms with Crippen molar-refractivity contribution < 1.29 is 19.1 Å². The van der Waals surface area contributed by atoms with Crippen molar-refractivity contribution in [1.82, 2.24) is 20.2 Å². The van der Waals surface area contributed by atoms with Crippen molar-refractivity contribution in [2.75, 3.05) is 6.54 Å². The molecule has 0 bridgehead atoms. The van der Waals surface area contributed by atoms with Gasteiger partial charge in [-0.05, 0) is 26.0 Å². The van der Waals surface area contributed by atoms with E-state index in [1.54, 1.807) is 38.2 Å². The molecular weight excluding hydrogens is 352 g/mol. The molecule has 9 nitrogen and oxygen atoms in total. The highest BCUT2D eigenvalue weighted by atomic mass is 16.5. The van der Waals surface area contributed by atoms with Crippen molar-refractivity contribution in [3.63, 3.8) is 0 Å². The summed E-state index contributed by atoms with van der Waals surface area (Å²) in [6.45, 7) is 3.45. The highest BCUT2D eigenvalue weighted by Gasteiger charge is 2.20. The number of hydrogen-bond acceptors (Lipinski definition) is 6. The van der Waals surface area contributed by atoms with Crippen molar-refractivity contribution in [3.05, 3.63) is 40.4 Å². The van der Waals surface area contributed by atoms with Crippen LogP contribution in [0.15, 0.2) is 29.1 Å². The molecule has 2 aromatic rings. The van der Waals surface area contributed by atoms with E-state index < -0.39 is 24.0 Å². The van der Waals surface area contributed by atoms with Crippen LogP contribution in [0.2, 0.25) is 0 Å². The van der Waals surface area contributed by atoms with E-state index in [1.807, 2.05) is 0 Å². The third-order valence-electron chi connectivity index (χ3n) is 3.88. The van der Waals surface area contributed by atoms with Crippen LogP contribution in [0, 0.1) is 0 Å². The predicted molar refractivity (Wildman–Crippen MR) is 98.1 cm³/mol. The molecule has 0 aliphatic heterocycles. The minimum Gasteiger partial charge on any atom is -0.453 e. The Hall–Kier alpha value is -3.23. The highest BCUT2D eigenvalue weighted by Crippen LogP contribution is 2.09. The summed E-state index contributed by atoms with van der Waals surface area (Å²) in [7, 11) is 1.59. The van der Waals surface area contributed by atoms with Crippen LogP contribution in [0.3, 0.4) is 0 Å². The Bertz CT molecular complexity index is 922. The molecule has 1 atom stereocenters. The van der Waals surface area contributed by atoms with E-state index in [4.69, 9.17) is 4.74 Å². The quantitative estimate of drug-likeness (QED) is 0.716. The number of esters is 1. The summed E-state index contributed by atoms with van der Waals surface area (Å²) in [5.74, 6) is -0.906. The molecule has 0 fully saturated rings. The molecule has 1 unspecified atom stereocenters. The standard InChI is InChI=1S/C18H22N4O5/c1-4-19-18(26)21-16(24)11(2)27-15(23)10-9-14-20-13-8-6-5-7-12(13)17(25)22(14)3/h5-8,11H,4,9-10H2,1-3H3,(H2,19,21,24,26). The molecule has 0 radical (unpaired) electrons. The molecule has 27 heavy (non-hydrogen) atoms. The maximum absolute atomic E-state index is 12.3. The average molecular weight is 374 g/mol. The van der Waals surface area contributed by atoms with Gasteiger partial charge < -0.3 is 10.1 Å². The fourth-order valence-corrected chi connectivity index (χ4v) is 2.43. The van der Waals surface area contributed by atoms with Gasteiger partial charge in [0, 0.05) is 20.0 Å². The molecule has 1 heterocycles. The number of rotatable bonds is 6. The molecule has 3 amide bonds. The molecule has 1 aromatic carbocycles. The third-order valence-corrected chi connectivity index (χ3v) is 3.88. The van der Waals surface area contributed by atoms with Gasteiger partial charge in [-0.3, -0.25) is 24.3 Å². The fourth-order valence-electron chi connectivity index (χ4n) is 2.43. The Labute approximate surface area is 155 Å². The molecule has 0 spiro atoms. The first-order chi connectivity index (χ1) is 12.8. The zero-order valence-electron chi connectivity index (χ0n) is 15.4. The first-order valence-corrected chi connectivity index (χ1v) is 8.56. The van der Waals surface area contributed by atoms with E-state index >= 15 is 0 Å². The Morgan fingerprint density at radius 3 is 2.67 bits per heavy atom. The molecule has 2 N–H and O–H groups in total. The number of nitrogens with one attached hydrogen (secondary N) is 2. The van der Waals surface area contributed by atoms with Gasteiger partial charge in [0.25, 0.3) is 11.5 Å². The first-order valence-electron chi connectivity index (χ1n) is 8.56. The number of carbonyl (C=O) groups is 3. The van der Waals surface area contributed by atoms with Gasteiger partial charge in [-0.2, -0.15) is 0 Å². The van der Waals surface area contributed by atoms with Crippen LogP contribution in [0.4, 0.5) is 4.79 Å². The SMILES string of the molecule is CCNC(=O)NC(=O)C(C)OC(=O)CCc1nc2ccccc2c(=O)n1C. The van der Waals surface area contributed by atoms with E-state index in [0.29, 0.717) is 23.3 Å². The number of amides is 3.